The Labute approximate surface area is 109 Å². The number of rotatable bonds is 5. The minimum Gasteiger partial charge on any atom is -0.339 e. The predicted molar refractivity (Wildman–Crippen MR) is 73.8 cm³/mol. The molecule has 102 valence electrons. The van der Waals surface area contributed by atoms with Crippen LogP contribution in [0, 0.1) is 5.92 Å². The van der Waals surface area contributed by atoms with Crippen molar-refractivity contribution < 1.29 is 0 Å². The Morgan fingerprint density at radius 1 is 1.44 bits per heavy atom. The van der Waals surface area contributed by atoms with Crippen molar-refractivity contribution >= 4 is 5.95 Å². The molecule has 1 fully saturated rings. The molecule has 2 rings (SSSR count). The van der Waals surface area contributed by atoms with Crippen LogP contribution in [-0.2, 0) is 6.42 Å². The molecule has 1 saturated heterocycles. The first-order valence-electron chi connectivity index (χ1n) is 7.06. The summed E-state index contributed by atoms with van der Waals surface area (Å²) in [6.07, 6.45) is 4.53. The highest BCUT2D eigenvalue weighted by atomic mass is 15.4. The van der Waals surface area contributed by atoms with Gasteiger partial charge in [0.15, 0.2) is 0 Å². The van der Waals surface area contributed by atoms with Gasteiger partial charge in [-0.3, -0.25) is 5.10 Å². The van der Waals surface area contributed by atoms with E-state index >= 15 is 0 Å². The molecule has 1 unspecified atom stereocenters. The van der Waals surface area contributed by atoms with Crippen LogP contribution in [0.15, 0.2) is 0 Å². The fourth-order valence-electron chi connectivity index (χ4n) is 2.36. The molecule has 18 heavy (non-hydrogen) atoms. The zero-order valence-corrected chi connectivity index (χ0v) is 11.7. The normalized spacial score (nSPS) is 19.2. The number of nitrogens with one attached hydrogen (secondary N) is 2. The third-order valence-corrected chi connectivity index (χ3v) is 3.94. The first-order valence-corrected chi connectivity index (χ1v) is 7.06. The number of piperidine rings is 1. The quantitative estimate of drug-likeness (QED) is 0.834. The highest BCUT2D eigenvalue weighted by Crippen LogP contribution is 2.17. The maximum atomic E-state index is 4.61. The van der Waals surface area contributed by atoms with Crippen molar-refractivity contribution in [1.82, 2.24) is 20.5 Å². The number of nitrogens with zero attached hydrogens (tertiary/aromatic N) is 3. The molecule has 0 aliphatic carbocycles. The van der Waals surface area contributed by atoms with Gasteiger partial charge in [0.25, 0.3) is 0 Å². The van der Waals surface area contributed by atoms with Crippen LogP contribution in [0.2, 0.25) is 0 Å². The van der Waals surface area contributed by atoms with Crippen molar-refractivity contribution in [2.45, 2.75) is 45.6 Å². The van der Waals surface area contributed by atoms with Crippen molar-refractivity contribution in [3.63, 3.8) is 0 Å². The summed E-state index contributed by atoms with van der Waals surface area (Å²) in [7, 11) is 2.04. The lowest BCUT2D eigenvalue weighted by Crippen LogP contribution is -2.41. The van der Waals surface area contributed by atoms with Crippen molar-refractivity contribution in [2.75, 3.05) is 25.0 Å². The van der Waals surface area contributed by atoms with Crippen LogP contribution < -0.4 is 10.2 Å². The Bertz CT molecular complexity index is 354. The molecule has 0 radical (unpaired) electrons. The molecule has 2 N–H and O–H groups in total. The second kappa shape index (κ2) is 6.18. The molecular weight excluding hydrogens is 226 g/mol. The van der Waals surface area contributed by atoms with E-state index in [4.69, 9.17) is 0 Å². The molecule has 5 nitrogen and oxygen atoms in total. The summed E-state index contributed by atoms with van der Waals surface area (Å²) in [5.74, 6) is 2.57. The van der Waals surface area contributed by atoms with Crippen molar-refractivity contribution in [3.05, 3.63) is 5.82 Å². The molecule has 2 heterocycles. The van der Waals surface area contributed by atoms with Crippen LogP contribution in [0.4, 0.5) is 5.95 Å². The molecule has 1 aromatic heterocycles. The molecule has 1 aromatic rings. The number of hydrogen-bond acceptors (Lipinski definition) is 4. The average molecular weight is 251 g/mol. The fourth-order valence-corrected chi connectivity index (χ4v) is 2.36. The Kier molecular flexibility index (Phi) is 4.58. The van der Waals surface area contributed by atoms with Crippen LogP contribution in [0.1, 0.15) is 38.9 Å². The standard InChI is InChI=1S/C13H25N5/c1-4-10(2)9-12-15-13(17-16-12)18-7-5-11(14-3)6-8-18/h10-11,14H,4-9H2,1-3H3,(H,15,16,17). The first kappa shape index (κ1) is 13.3. The summed E-state index contributed by atoms with van der Waals surface area (Å²) >= 11 is 0. The van der Waals surface area contributed by atoms with Gasteiger partial charge in [-0.1, -0.05) is 20.3 Å². The van der Waals surface area contributed by atoms with Crippen LogP contribution >= 0.6 is 0 Å². The second-order valence-corrected chi connectivity index (χ2v) is 5.35. The van der Waals surface area contributed by atoms with Gasteiger partial charge >= 0.3 is 0 Å². The monoisotopic (exact) mass is 251 g/mol. The van der Waals surface area contributed by atoms with Crippen LogP contribution in [0.25, 0.3) is 0 Å². The lowest BCUT2D eigenvalue weighted by Gasteiger charge is -2.30. The van der Waals surface area contributed by atoms with E-state index in [0.717, 1.165) is 31.3 Å². The van der Waals surface area contributed by atoms with Gasteiger partial charge in [-0.15, -0.1) is 5.10 Å². The van der Waals surface area contributed by atoms with Crippen molar-refractivity contribution in [1.29, 1.82) is 0 Å². The largest absolute Gasteiger partial charge is 0.339 e. The van der Waals surface area contributed by atoms with Crippen LogP contribution in [-0.4, -0.2) is 41.4 Å². The van der Waals surface area contributed by atoms with E-state index in [-0.39, 0.29) is 0 Å². The molecule has 0 spiro atoms. The third-order valence-electron chi connectivity index (χ3n) is 3.94. The number of hydrogen-bond donors (Lipinski definition) is 2. The lowest BCUT2D eigenvalue weighted by atomic mass is 10.1. The van der Waals surface area contributed by atoms with E-state index in [9.17, 15) is 0 Å². The van der Waals surface area contributed by atoms with E-state index in [1.54, 1.807) is 0 Å². The van der Waals surface area contributed by atoms with E-state index in [2.05, 4.69) is 39.2 Å². The maximum Gasteiger partial charge on any atom is 0.244 e. The number of aromatic nitrogens is 3. The molecule has 0 bridgehead atoms. The zero-order chi connectivity index (χ0) is 13.0. The number of aromatic amines is 1. The van der Waals surface area contributed by atoms with E-state index in [1.165, 1.54) is 19.3 Å². The Hall–Kier alpha value is -1.10. The van der Waals surface area contributed by atoms with E-state index in [0.29, 0.717) is 12.0 Å². The molecular formula is C13H25N5. The minimum atomic E-state index is 0.653. The Morgan fingerprint density at radius 3 is 2.78 bits per heavy atom. The molecule has 0 saturated carbocycles. The highest BCUT2D eigenvalue weighted by molar-refractivity contribution is 5.29. The molecule has 0 amide bonds. The van der Waals surface area contributed by atoms with Gasteiger partial charge in [0.2, 0.25) is 5.95 Å². The van der Waals surface area contributed by atoms with Gasteiger partial charge in [0, 0.05) is 25.6 Å². The van der Waals surface area contributed by atoms with Crippen LogP contribution in [0.5, 0.6) is 0 Å². The molecule has 1 atom stereocenters. The second-order valence-electron chi connectivity index (χ2n) is 5.35. The summed E-state index contributed by atoms with van der Waals surface area (Å²) in [4.78, 5) is 6.89. The van der Waals surface area contributed by atoms with Gasteiger partial charge in [0.1, 0.15) is 5.82 Å². The summed E-state index contributed by atoms with van der Waals surface area (Å²) in [5.41, 5.74) is 0. The van der Waals surface area contributed by atoms with Crippen LogP contribution in [0.3, 0.4) is 0 Å². The molecule has 5 heteroatoms. The van der Waals surface area contributed by atoms with Gasteiger partial charge < -0.3 is 10.2 Å². The topological polar surface area (TPSA) is 56.8 Å². The fraction of sp³-hybridized carbons (Fsp3) is 0.846. The maximum absolute atomic E-state index is 4.61. The molecule has 1 aliphatic heterocycles. The third kappa shape index (κ3) is 3.22. The van der Waals surface area contributed by atoms with E-state index in [1.807, 2.05) is 7.05 Å². The van der Waals surface area contributed by atoms with Crippen molar-refractivity contribution in [2.24, 2.45) is 5.92 Å². The smallest absolute Gasteiger partial charge is 0.244 e. The number of H-pyrrole nitrogens is 1. The zero-order valence-electron chi connectivity index (χ0n) is 11.7. The average Bonchev–Trinajstić information content (AvgIpc) is 2.87. The SMILES string of the molecule is CCC(C)Cc1nc(N2CCC(NC)CC2)n[nH]1. The summed E-state index contributed by atoms with van der Waals surface area (Å²) in [6.45, 7) is 6.56. The lowest BCUT2D eigenvalue weighted by molar-refractivity contribution is 0.439. The molecule has 1 aliphatic rings. The number of anilines is 1. The summed E-state index contributed by atoms with van der Waals surface area (Å²) in [6, 6.07) is 0.653. The van der Waals surface area contributed by atoms with Gasteiger partial charge in [-0.25, -0.2) is 0 Å². The first-order chi connectivity index (χ1) is 8.72. The Balaban J connectivity index is 1.90. The highest BCUT2D eigenvalue weighted by Gasteiger charge is 2.20. The molecule has 0 aromatic carbocycles. The summed E-state index contributed by atoms with van der Waals surface area (Å²) < 4.78 is 0. The van der Waals surface area contributed by atoms with E-state index < -0.39 is 0 Å². The Morgan fingerprint density at radius 2 is 2.17 bits per heavy atom. The van der Waals surface area contributed by atoms with Gasteiger partial charge in [-0.2, -0.15) is 4.98 Å². The predicted octanol–water partition coefficient (Wildman–Crippen LogP) is 1.58. The minimum absolute atomic E-state index is 0.653. The van der Waals surface area contributed by atoms with Crippen molar-refractivity contribution in [3.8, 4) is 0 Å². The summed E-state index contributed by atoms with van der Waals surface area (Å²) in [5, 5.41) is 10.8. The van der Waals surface area contributed by atoms with Gasteiger partial charge in [0.05, 0.1) is 0 Å². The van der Waals surface area contributed by atoms with Gasteiger partial charge in [-0.05, 0) is 25.8 Å².